The lowest BCUT2D eigenvalue weighted by atomic mass is 10.0. The molecule has 0 saturated heterocycles. The van der Waals surface area contributed by atoms with Gasteiger partial charge in [-0.1, -0.05) is 11.6 Å². The lowest BCUT2D eigenvalue weighted by Gasteiger charge is -2.11. The van der Waals surface area contributed by atoms with E-state index in [2.05, 4.69) is 9.97 Å². The fourth-order valence-electron chi connectivity index (χ4n) is 1.95. The number of aromatic amines is 1. The Bertz CT molecular complexity index is 578. The predicted octanol–water partition coefficient (Wildman–Crippen LogP) is 2.81. The van der Waals surface area contributed by atoms with Crippen LogP contribution in [-0.2, 0) is 6.54 Å². The smallest absolute Gasteiger partial charge is 0.134 e. The number of nitrogens with zero attached hydrogens (tertiary/aromatic N) is 1. The van der Waals surface area contributed by atoms with Gasteiger partial charge in [-0.2, -0.15) is 0 Å². The zero-order valence-corrected chi connectivity index (χ0v) is 11.4. The van der Waals surface area contributed by atoms with E-state index >= 15 is 0 Å². The number of aromatic nitrogens is 2. The number of halogens is 1. The SMILES string of the molecule is COc1ccc(-c2nc(CN)[nH]c2Cl)c(C)c1C. The summed E-state index contributed by atoms with van der Waals surface area (Å²) in [5.41, 5.74) is 9.47. The molecule has 0 saturated carbocycles. The molecule has 1 heterocycles. The maximum atomic E-state index is 6.15. The molecule has 0 aliphatic heterocycles. The quantitative estimate of drug-likeness (QED) is 0.897. The number of nitrogens with two attached hydrogens (primary N) is 1. The Morgan fingerprint density at radius 1 is 1.33 bits per heavy atom. The second-order valence-corrected chi connectivity index (χ2v) is 4.49. The predicted molar refractivity (Wildman–Crippen MR) is 73.0 cm³/mol. The molecule has 4 nitrogen and oxygen atoms in total. The molecule has 2 rings (SSSR count). The molecule has 18 heavy (non-hydrogen) atoms. The van der Waals surface area contributed by atoms with E-state index in [0.717, 1.165) is 28.1 Å². The highest BCUT2D eigenvalue weighted by atomic mass is 35.5. The summed E-state index contributed by atoms with van der Waals surface area (Å²) in [5, 5.41) is 0.517. The molecule has 96 valence electrons. The summed E-state index contributed by atoms with van der Waals surface area (Å²) in [4.78, 5) is 7.37. The van der Waals surface area contributed by atoms with E-state index in [9.17, 15) is 0 Å². The van der Waals surface area contributed by atoms with E-state index in [1.54, 1.807) is 7.11 Å². The Morgan fingerprint density at radius 3 is 2.61 bits per heavy atom. The van der Waals surface area contributed by atoms with Gasteiger partial charge >= 0.3 is 0 Å². The van der Waals surface area contributed by atoms with Gasteiger partial charge in [0.05, 0.1) is 13.7 Å². The average Bonchev–Trinajstić information content (AvgIpc) is 2.74. The number of imidazole rings is 1. The summed E-state index contributed by atoms with van der Waals surface area (Å²) >= 11 is 6.15. The van der Waals surface area contributed by atoms with E-state index < -0.39 is 0 Å². The molecular formula is C13H16ClN3O. The average molecular weight is 266 g/mol. The first-order valence-corrected chi connectivity index (χ1v) is 6.05. The van der Waals surface area contributed by atoms with Crippen molar-refractivity contribution < 1.29 is 4.74 Å². The molecule has 5 heteroatoms. The molecule has 0 fully saturated rings. The molecule has 0 aliphatic rings. The van der Waals surface area contributed by atoms with Crippen LogP contribution in [0, 0.1) is 13.8 Å². The van der Waals surface area contributed by atoms with Crippen molar-refractivity contribution in [3.05, 3.63) is 34.2 Å². The molecule has 0 radical (unpaired) electrons. The second kappa shape index (κ2) is 5.00. The van der Waals surface area contributed by atoms with E-state index in [0.29, 0.717) is 17.5 Å². The summed E-state index contributed by atoms with van der Waals surface area (Å²) < 4.78 is 5.29. The zero-order valence-electron chi connectivity index (χ0n) is 10.7. The molecule has 0 bridgehead atoms. The first kappa shape index (κ1) is 12.9. The Balaban J connectivity index is 2.57. The molecule has 0 spiro atoms. The molecular weight excluding hydrogens is 250 g/mol. The van der Waals surface area contributed by atoms with Gasteiger partial charge in [0, 0.05) is 5.56 Å². The van der Waals surface area contributed by atoms with Gasteiger partial charge in [0.1, 0.15) is 22.4 Å². The summed E-state index contributed by atoms with van der Waals surface area (Å²) in [6.45, 7) is 4.39. The van der Waals surface area contributed by atoms with Crippen LogP contribution in [0.2, 0.25) is 5.15 Å². The molecule has 0 atom stereocenters. The van der Waals surface area contributed by atoms with Crippen molar-refractivity contribution in [2.24, 2.45) is 5.73 Å². The Kier molecular flexibility index (Phi) is 3.59. The van der Waals surface area contributed by atoms with Crippen LogP contribution in [-0.4, -0.2) is 17.1 Å². The van der Waals surface area contributed by atoms with E-state index in [-0.39, 0.29) is 0 Å². The number of hydrogen-bond acceptors (Lipinski definition) is 3. The lowest BCUT2D eigenvalue weighted by Crippen LogP contribution is -1.98. The molecule has 2 aromatic rings. The van der Waals surface area contributed by atoms with Gasteiger partial charge < -0.3 is 15.5 Å². The number of methoxy groups -OCH3 is 1. The Labute approximate surface area is 111 Å². The van der Waals surface area contributed by atoms with Crippen LogP contribution in [0.3, 0.4) is 0 Å². The number of H-pyrrole nitrogens is 1. The van der Waals surface area contributed by atoms with E-state index in [4.69, 9.17) is 22.1 Å². The van der Waals surface area contributed by atoms with Gasteiger partial charge in [-0.15, -0.1) is 0 Å². The highest BCUT2D eigenvalue weighted by Crippen LogP contribution is 2.33. The highest BCUT2D eigenvalue weighted by Gasteiger charge is 2.14. The topological polar surface area (TPSA) is 63.9 Å². The minimum absolute atomic E-state index is 0.341. The molecule has 1 aromatic carbocycles. The van der Waals surface area contributed by atoms with Crippen LogP contribution in [0.25, 0.3) is 11.3 Å². The molecule has 1 aromatic heterocycles. The third-order valence-electron chi connectivity index (χ3n) is 3.11. The number of benzene rings is 1. The molecule has 0 unspecified atom stereocenters. The number of nitrogens with one attached hydrogen (secondary N) is 1. The van der Waals surface area contributed by atoms with Crippen LogP contribution in [0.15, 0.2) is 12.1 Å². The summed E-state index contributed by atoms with van der Waals surface area (Å²) in [6.07, 6.45) is 0. The summed E-state index contributed by atoms with van der Waals surface area (Å²) in [7, 11) is 1.66. The van der Waals surface area contributed by atoms with Gasteiger partial charge in [-0.25, -0.2) is 4.98 Å². The minimum atomic E-state index is 0.341. The fraction of sp³-hybridized carbons (Fsp3) is 0.308. The zero-order chi connectivity index (χ0) is 13.3. The Morgan fingerprint density at radius 2 is 2.06 bits per heavy atom. The van der Waals surface area contributed by atoms with E-state index in [1.165, 1.54) is 0 Å². The normalized spacial score (nSPS) is 10.7. The molecule has 3 N–H and O–H groups in total. The summed E-state index contributed by atoms with van der Waals surface area (Å²) in [5.74, 6) is 1.55. The van der Waals surface area contributed by atoms with Crippen LogP contribution in [0.1, 0.15) is 17.0 Å². The van der Waals surface area contributed by atoms with Crippen molar-refractivity contribution in [1.82, 2.24) is 9.97 Å². The summed E-state index contributed by atoms with van der Waals surface area (Å²) in [6, 6.07) is 3.88. The first-order chi connectivity index (χ1) is 8.58. The van der Waals surface area contributed by atoms with Gasteiger partial charge in [0.2, 0.25) is 0 Å². The van der Waals surface area contributed by atoms with Crippen LogP contribution in [0.4, 0.5) is 0 Å². The third kappa shape index (κ3) is 2.09. The van der Waals surface area contributed by atoms with Crippen molar-refractivity contribution in [2.45, 2.75) is 20.4 Å². The van der Waals surface area contributed by atoms with Crippen LogP contribution >= 0.6 is 11.6 Å². The van der Waals surface area contributed by atoms with Gasteiger partial charge in [-0.3, -0.25) is 0 Å². The van der Waals surface area contributed by atoms with Crippen molar-refractivity contribution in [1.29, 1.82) is 0 Å². The number of rotatable bonds is 3. The minimum Gasteiger partial charge on any atom is -0.496 e. The van der Waals surface area contributed by atoms with Crippen LogP contribution in [0.5, 0.6) is 5.75 Å². The first-order valence-electron chi connectivity index (χ1n) is 5.67. The third-order valence-corrected chi connectivity index (χ3v) is 3.39. The highest BCUT2D eigenvalue weighted by molar-refractivity contribution is 6.32. The number of hydrogen-bond donors (Lipinski definition) is 2. The largest absolute Gasteiger partial charge is 0.496 e. The molecule has 0 aliphatic carbocycles. The standard InChI is InChI=1S/C13H16ClN3O/c1-7-8(2)10(18-3)5-4-9(7)12-13(14)17-11(6-15)16-12/h4-5H,6,15H2,1-3H3,(H,16,17). The maximum absolute atomic E-state index is 6.15. The van der Waals surface area contributed by atoms with Crippen molar-refractivity contribution in [3.8, 4) is 17.0 Å². The van der Waals surface area contributed by atoms with Crippen molar-refractivity contribution in [3.63, 3.8) is 0 Å². The lowest BCUT2D eigenvalue weighted by molar-refractivity contribution is 0.411. The van der Waals surface area contributed by atoms with Gasteiger partial charge in [0.15, 0.2) is 0 Å². The van der Waals surface area contributed by atoms with Gasteiger partial charge in [0.25, 0.3) is 0 Å². The number of ether oxygens (including phenoxy) is 1. The second-order valence-electron chi connectivity index (χ2n) is 4.12. The fourth-order valence-corrected chi connectivity index (χ4v) is 2.20. The monoisotopic (exact) mass is 265 g/mol. The van der Waals surface area contributed by atoms with Crippen molar-refractivity contribution >= 4 is 11.6 Å². The van der Waals surface area contributed by atoms with Gasteiger partial charge in [-0.05, 0) is 37.1 Å². The van der Waals surface area contributed by atoms with E-state index in [1.807, 2.05) is 26.0 Å². The maximum Gasteiger partial charge on any atom is 0.134 e. The molecule has 0 amide bonds. The Hall–Kier alpha value is -1.52. The van der Waals surface area contributed by atoms with Crippen molar-refractivity contribution in [2.75, 3.05) is 7.11 Å². The van der Waals surface area contributed by atoms with Crippen LogP contribution < -0.4 is 10.5 Å².